The average Bonchev–Trinajstić information content (AvgIpc) is 2.37. The first kappa shape index (κ1) is 14.9. The molecule has 0 aliphatic rings. The van der Waals surface area contributed by atoms with Gasteiger partial charge in [-0.2, -0.15) is 11.8 Å². The highest BCUT2D eigenvalue weighted by Crippen LogP contribution is 2.23. The van der Waals surface area contributed by atoms with Crippen molar-refractivity contribution in [2.75, 3.05) is 12.9 Å². The minimum Gasteiger partial charge on any atom is -0.496 e. The molecule has 1 aromatic carbocycles. The molecule has 3 N–H and O–H groups in total. The van der Waals surface area contributed by atoms with Crippen molar-refractivity contribution in [3.63, 3.8) is 0 Å². The first-order valence-corrected chi connectivity index (χ1v) is 7.33. The summed E-state index contributed by atoms with van der Waals surface area (Å²) in [5.41, 5.74) is 7.37. The molecule has 0 heterocycles. The zero-order valence-electron chi connectivity index (χ0n) is 11.3. The summed E-state index contributed by atoms with van der Waals surface area (Å²) in [4.78, 5) is 0. The van der Waals surface area contributed by atoms with Gasteiger partial charge < -0.3 is 10.5 Å². The van der Waals surface area contributed by atoms with Crippen molar-refractivity contribution >= 4 is 17.6 Å². The lowest BCUT2D eigenvalue weighted by molar-refractivity contribution is 0.413. The lowest BCUT2D eigenvalue weighted by Crippen LogP contribution is -2.12. The fourth-order valence-electron chi connectivity index (χ4n) is 1.54. The third-order valence-electron chi connectivity index (χ3n) is 2.92. The highest BCUT2D eigenvalue weighted by molar-refractivity contribution is 7.98. The van der Waals surface area contributed by atoms with Crippen LogP contribution in [-0.2, 0) is 5.75 Å². The summed E-state index contributed by atoms with van der Waals surface area (Å²) >= 11 is 1.93. The van der Waals surface area contributed by atoms with Crippen molar-refractivity contribution in [1.82, 2.24) is 0 Å². The van der Waals surface area contributed by atoms with Crippen molar-refractivity contribution < 1.29 is 4.74 Å². The van der Waals surface area contributed by atoms with E-state index >= 15 is 0 Å². The lowest BCUT2D eigenvalue weighted by atomic mass is 10.1. The van der Waals surface area contributed by atoms with Gasteiger partial charge in [0.25, 0.3) is 0 Å². The molecular weight excluding hydrogens is 244 g/mol. The molecule has 0 saturated heterocycles. The van der Waals surface area contributed by atoms with Gasteiger partial charge in [-0.15, -0.1) is 0 Å². The molecule has 0 spiro atoms. The maximum absolute atomic E-state index is 7.46. The number of hydrogen-bond donors (Lipinski definition) is 2. The topological polar surface area (TPSA) is 59.1 Å². The molecule has 0 aliphatic carbocycles. The van der Waals surface area contributed by atoms with Crippen LogP contribution in [0.15, 0.2) is 18.2 Å². The van der Waals surface area contributed by atoms with Crippen LogP contribution in [0.3, 0.4) is 0 Å². The molecule has 4 heteroatoms. The minimum absolute atomic E-state index is 0.0469. The van der Waals surface area contributed by atoms with Gasteiger partial charge in [-0.25, -0.2) is 0 Å². The van der Waals surface area contributed by atoms with E-state index in [0.717, 1.165) is 11.7 Å². The van der Waals surface area contributed by atoms with Crippen molar-refractivity contribution in [3.8, 4) is 5.75 Å². The van der Waals surface area contributed by atoms with Crippen LogP contribution in [0.5, 0.6) is 5.75 Å². The Morgan fingerprint density at radius 1 is 1.50 bits per heavy atom. The van der Waals surface area contributed by atoms with Gasteiger partial charge in [-0.1, -0.05) is 26.3 Å². The van der Waals surface area contributed by atoms with Crippen LogP contribution in [0, 0.1) is 11.3 Å². The number of nitrogens with two attached hydrogens (primary N) is 1. The highest BCUT2D eigenvalue weighted by Gasteiger charge is 2.07. The Kier molecular flexibility index (Phi) is 6.05. The number of methoxy groups -OCH3 is 1. The molecule has 0 saturated carbocycles. The summed E-state index contributed by atoms with van der Waals surface area (Å²) in [7, 11) is 1.61. The molecule has 0 aliphatic heterocycles. The molecular formula is C14H22N2OS. The second kappa shape index (κ2) is 7.31. The van der Waals surface area contributed by atoms with Gasteiger partial charge in [0.15, 0.2) is 0 Å². The van der Waals surface area contributed by atoms with Gasteiger partial charge in [0.05, 0.1) is 12.7 Å². The summed E-state index contributed by atoms with van der Waals surface area (Å²) < 4.78 is 5.27. The number of amidine groups is 1. The summed E-state index contributed by atoms with van der Waals surface area (Å²) in [6, 6.07) is 5.85. The highest BCUT2D eigenvalue weighted by atomic mass is 32.2. The molecule has 0 bridgehead atoms. The Labute approximate surface area is 114 Å². The monoisotopic (exact) mass is 266 g/mol. The third-order valence-corrected chi connectivity index (χ3v) is 4.27. The summed E-state index contributed by atoms with van der Waals surface area (Å²) in [6.45, 7) is 4.49. The van der Waals surface area contributed by atoms with Crippen LogP contribution in [0.2, 0.25) is 0 Å². The smallest absolute Gasteiger partial charge is 0.130 e. The lowest BCUT2D eigenvalue weighted by Gasteiger charge is -2.11. The molecule has 18 heavy (non-hydrogen) atoms. The second-order valence-corrected chi connectivity index (χ2v) is 5.51. The van der Waals surface area contributed by atoms with Crippen LogP contribution in [0.4, 0.5) is 0 Å². The van der Waals surface area contributed by atoms with E-state index in [0.29, 0.717) is 11.3 Å². The first-order chi connectivity index (χ1) is 8.58. The fraction of sp³-hybridized carbons (Fsp3) is 0.500. The van der Waals surface area contributed by atoms with Gasteiger partial charge in [0, 0.05) is 5.75 Å². The predicted octanol–water partition coefficient (Wildman–Crippen LogP) is 3.26. The molecule has 100 valence electrons. The summed E-state index contributed by atoms with van der Waals surface area (Å²) in [6.07, 6.45) is 1.22. The molecule has 1 atom stereocenters. The summed E-state index contributed by atoms with van der Waals surface area (Å²) in [5.74, 6) is 3.63. The third kappa shape index (κ3) is 4.26. The van der Waals surface area contributed by atoms with E-state index in [1.54, 1.807) is 7.11 Å². The maximum atomic E-state index is 7.46. The van der Waals surface area contributed by atoms with Gasteiger partial charge >= 0.3 is 0 Å². The van der Waals surface area contributed by atoms with E-state index in [-0.39, 0.29) is 5.84 Å². The quantitative estimate of drug-likeness (QED) is 0.588. The van der Waals surface area contributed by atoms with Crippen molar-refractivity contribution in [3.05, 3.63) is 29.3 Å². The van der Waals surface area contributed by atoms with Crippen molar-refractivity contribution in [2.45, 2.75) is 26.0 Å². The number of rotatable bonds is 7. The molecule has 1 rings (SSSR count). The first-order valence-electron chi connectivity index (χ1n) is 6.17. The Hall–Kier alpha value is -1.16. The average molecular weight is 266 g/mol. The summed E-state index contributed by atoms with van der Waals surface area (Å²) in [5, 5.41) is 7.46. The van der Waals surface area contributed by atoms with Crippen LogP contribution in [0.1, 0.15) is 31.4 Å². The molecule has 1 aromatic rings. The number of ether oxygens (including phenoxy) is 1. The SMILES string of the molecule is CCC(C)CSCc1ccc(C(=N)N)c(OC)c1. The van der Waals surface area contributed by atoms with Gasteiger partial charge in [-0.3, -0.25) is 5.41 Å². The van der Waals surface area contributed by atoms with Crippen molar-refractivity contribution in [2.24, 2.45) is 11.7 Å². The number of nitrogens with one attached hydrogen (secondary N) is 1. The Balaban J connectivity index is 2.65. The van der Waals surface area contributed by atoms with Crippen LogP contribution in [0.25, 0.3) is 0 Å². The Bertz CT molecular complexity index is 407. The fourth-order valence-corrected chi connectivity index (χ4v) is 2.71. The van der Waals surface area contributed by atoms with E-state index in [1.165, 1.54) is 17.7 Å². The zero-order chi connectivity index (χ0) is 13.5. The number of hydrogen-bond acceptors (Lipinski definition) is 3. The van der Waals surface area contributed by atoms with E-state index in [2.05, 4.69) is 13.8 Å². The number of thioether (sulfide) groups is 1. The van der Waals surface area contributed by atoms with Crippen LogP contribution in [-0.4, -0.2) is 18.7 Å². The van der Waals surface area contributed by atoms with Gasteiger partial charge in [0.1, 0.15) is 11.6 Å². The molecule has 3 nitrogen and oxygen atoms in total. The van der Waals surface area contributed by atoms with E-state index in [9.17, 15) is 0 Å². The normalized spacial score (nSPS) is 12.2. The molecule has 0 radical (unpaired) electrons. The molecule has 0 aromatic heterocycles. The number of nitrogen functional groups attached to an aromatic ring is 1. The standard InChI is InChI=1S/C14H22N2OS/c1-4-10(2)8-18-9-11-5-6-12(14(15)16)13(7-11)17-3/h5-7,10H,4,8-9H2,1-3H3,(H3,15,16). The van der Waals surface area contributed by atoms with Gasteiger partial charge in [-0.05, 0) is 29.4 Å². The van der Waals surface area contributed by atoms with Crippen LogP contribution >= 0.6 is 11.8 Å². The van der Waals surface area contributed by atoms with Crippen molar-refractivity contribution in [1.29, 1.82) is 5.41 Å². The van der Waals surface area contributed by atoms with Gasteiger partial charge in [0.2, 0.25) is 0 Å². The van der Waals surface area contributed by atoms with E-state index < -0.39 is 0 Å². The maximum Gasteiger partial charge on any atom is 0.130 e. The minimum atomic E-state index is 0.0469. The molecule has 0 amide bonds. The largest absolute Gasteiger partial charge is 0.496 e. The molecule has 1 unspecified atom stereocenters. The Morgan fingerprint density at radius 3 is 2.78 bits per heavy atom. The Morgan fingerprint density at radius 2 is 2.22 bits per heavy atom. The van der Waals surface area contributed by atoms with E-state index in [4.69, 9.17) is 15.9 Å². The zero-order valence-corrected chi connectivity index (χ0v) is 12.1. The predicted molar refractivity (Wildman–Crippen MR) is 79.6 cm³/mol. The second-order valence-electron chi connectivity index (χ2n) is 4.48. The van der Waals surface area contributed by atoms with Crippen LogP contribution < -0.4 is 10.5 Å². The molecule has 0 fully saturated rings. The van der Waals surface area contributed by atoms with E-state index in [1.807, 2.05) is 30.0 Å². The number of benzene rings is 1.